The molecule has 1 N–H and O–H groups in total. The van der Waals surface area contributed by atoms with Gasteiger partial charge in [0.05, 0.1) is 11.6 Å². The monoisotopic (exact) mass is 380 g/mol. The third-order valence-electron chi connectivity index (χ3n) is 4.66. The number of hydrogen-bond acceptors (Lipinski definition) is 5. The average Bonchev–Trinajstić information content (AvgIpc) is 3.16. The van der Waals surface area contributed by atoms with E-state index in [1.54, 1.807) is 10.6 Å². The number of nitrogens with zero attached hydrogens (tertiary/aromatic N) is 3. The molecule has 0 aliphatic rings. The maximum Gasteiger partial charge on any atom is 0.261 e. The zero-order chi connectivity index (χ0) is 20.1. The zero-order valence-electron chi connectivity index (χ0n) is 16.3. The number of nitrogens with one attached hydrogen (secondary N) is 1. The second-order valence-corrected chi connectivity index (χ2v) is 6.65. The van der Waals surface area contributed by atoms with Crippen molar-refractivity contribution in [3.05, 3.63) is 70.0 Å². The van der Waals surface area contributed by atoms with Crippen molar-refractivity contribution in [3.63, 3.8) is 0 Å². The number of carbonyl (C=O) groups excluding carboxylic acids is 1. The minimum atomic E-state index is -0.149. The van der Waals surface area contributed by atoms with Gasteiger partial charge in [-0.2, -0.15) is 4.98 Å². The van der Waals surface area contributed by atoms with Crippen molar-refractivity contribution in [2.45, 2.75) is 46.2 Å². The summed E-state index contributed by atoms with van der Waals surface area (Å²) in [7, 11) is 0. The SMILES string of the molecule is CCn1c(C)ccc(-c2noc(CCC(=O)N[C@H](C)c3ccccc3)n2)c1=O. The molecule has 1 amide bonds. The van der Waals surface area contributed by atoms with E-state index in [0.29, 0.717) is 24.4 Å². The van der Waals surface area contributed by atoms with E-state index in [4.69, 9.17) is 4.52 Å². The highest BCUT2D eigenvalue weighted by atomic mass is 16.5. The predicted molar refractivity (Wildman–Crippen MR) is 106 cm³/mol. The highest BCUT2D eigenvalue weighted by molar-refractivity contribution is 5.76. The summed E-state index contributed by atoms with van der Waals surface area (Å²) in [4.78, 5) is 29.0. The van der Waals surface area contributed by atoms with Crippen LogP contribution < -0.4 is 10.9 Å². The maximum absolute atomic E-state index is 12.5. The molecule has 1 aromatic carbocycles. The van der Waals surface area contributed by atoms with E-state index in [1.807, 2.05) is 57.2 Å². The molecular formula is C21H24N4O3. The quantitative estimate of drug-likeness (QED) is 0.680. The summed E-state index contributed by atoms with van der Waals surface area (Å²) in [5.41, 5.74) is 2.17. The Morgan fingerprint density at radius 3 is 2.68 bits per heavy atom. The molecule has 7 nitrogen and oxygen atoms in total. The predicted octanol–water partition coefficient (Wildman–Crippen LogP) is 3.04. The van der Waals surface area contributed by atoms with Crippen LogP contribution in [0.3, 0.4) is 0 Å². The zero-order valence-corrected chi connectivity index (χ0v) is 16.3. The first-order valence-corrected chi connectivity index (χ1v) is 9.37. The molecule has 0 aliphatic heterocycles. The Labute approximate surface area is 163 Å². The molecule has 0 saturated carbocycles. The molecule has 0 radical (unpaired) electrons. The second kappa shape index (κ2) is 8.65. The number of aryl methyl sites for hydroxylation is 2. The van der Waals surface area contributed by atoms with Crippen LogP contribution in [0.4, 0.5) is 0 Å². The van der Waals surface area contributed by atoms with Crippen molar-refractivity contribution in [2.24, 2.45) is 0 Å². The van der Waals surface area contributed by atoms with Crippen LogP contribution in [0, 0.1) is 6.92 Å². The normalized spacial score (nSPS) is 12.0. The Hall–Kier alpha value is -3.22. The summed E-state index contributed by atoms with van der Waals surface area (Å²) < 4.78 is 6.89. The van der Waals surface area contributed by atoms with Crippen LogP contribution in [-0.4, -0.2) is 20.6 Å². The van der Waals surface area contributed by atoms with Gasteiger partial charge in [0, 0.05) is 25.1 Å². The molecule has 3 rings (SSSR count). The van der Waals surface area contributed by atoms with Gasteiger partial charge in [0.1, 0.15) is 0 Å². The lowest BCUT2D eigenvalue weighted by molar-refractivity contribution is -0.121. The van der Waals surface area contributed by atoms with Crippen molar-refractivity contribution in [2.75, 3.05) is 0 Å². The maximum atomic E-state index is 12.5. The van der Waals surface area contributed by atoms with Gasteiger partial charge in [-0.1, -0.05) is 35.5 Å². The summed E-state index contributed by atoms with van der Waals surface area (Å²) in [6, 6.07) is 13.2. The van der Waals surface area contributed by atoms with Crippen LogP contribution in [0.2, 0.25) is 0 Å². The number of pyridine rings is 1. The molecule has 28 heavy (non-hydrogen) atoms. The van der Waals surface area contributed by atoms with Crippen LogP contribution >= 0.6 is 0 Å². The molecule has 0 saturated heterocycles. The molecule has 0 fully saturated rings. The number of benzene rings is 1. The summed E-state index contributed by atoms with van der Waals surface area (Å²) in [6.07, 6.45) is 0.542. The van der Waals surface area contributed by atoms with Gasteiger partial charge in [0.15, 0.2) is 0 Å². The Bertz CT molecular complexity index is 1010. The number of rotatable bonds is 7. The van der Waals surface area contributed by atoms with Crippen LogP contribution in [0.25, 0.3) is 11.4 Å². The number of aromatic nitrogens is 3. The summed E-state index contributed by atoms with van der Waals surface area (Å²) in [5, 5.41) is 6.86. The second-order valence-electron chi connectivity index (χ2n) is 6.65. The van der Waals surface area contributed by atoms with Gasteiger partial charge in [0.25, 0.3) is 5.56 Å². The van der Waals surface area contributed by atoms with Crippen LogP contribution in [0.15, 0.2) is 51.8 Å². The van der Waals surface area contributed by atoms with E-state index in [2.05, 4.69) is 15.5 Å². The lowest BCUT2D eigenvalue weighted by atomic mass is 10.1. The number of amides is 1. The summed E-state index contributed by atoms with van der Waals surface area (Å²) in [6.45, 7) is 6.30. The van der Waals surface area contributed by atoms with Gasteiger partial charge >= 0.3 is 0 Å². The van der Waals surface area contributed by atoms with Gasteiger partial charge in [-0.15, -0.1) is 0 Å². The number of carbonyl (C=O) groups is 1. The standard InChI is InChI=1S/C21H24N4O3/c1-4-25-14(2)10-11-17(21(25)27)20-23-19(28-24-20)13-12-18(26)22-15(3)16-8-6-5-7-9-16/h5-11,15H,4,12-13H2,1-3H3,(H,22,26)/t15-/m1/s1. The van der Waals surface area contributed by atoms with E-state index < -0.39 is 0 Å². The lowest BCUT2D eigenvalue weighted by Gasteiger charge is -2.13. The highest BCUT2D eigenvalue weighted by Crippen LogP contribution is 2.14. The Kier molecular flexibility index (Phi) is 6.03. The van der Waals surface area contributed by atoms with Crippen molar-refractivity contribution in [1.82, 2.24) is 20.0 Å². The van der Waals surface area contributed by atoms with Gasteiger partial charge in [-0.3, -0.25) is 9.59 Å². The Balaban J connectivity index is 1.62. The number of hydrogen-bond donors (Lipinski definition) is 1. The van der Waals surface area contributed by atoms with Crippen molar-refractivity contribution in [1.29, 1.82) is 0 Å². The molecule has 7 heteroatoms. The molecule has 146 valence electrons. The minimum Gasteiger partial charge on any atom is -0.350 e. The molecule has 1 atom stereocenters. The molecule has 0 aliphatic carbocycles. The first kappa shape index (κ1) is 19.5. The topological polar surface area (TPSA) is 90.0 Å². The summed E-state index contributed by atoms with van der Waals surface area (Å²) >= 11 is 0. The third kappa shape index (κ3) is 4.36. The molecule has 2 aromatic heterocycles. The van der Waals surface area contributed by atoms with Gasteiger partial charge < -0.3 is 14.4 Å². The van der Waals surface area contributed by atoms with Crippen LogP contribution in [0.1, 0.15) is 43.5 Å². The highest BCUT2D eigenvalue weighted by Gasteiger charge is 2.16. The minimum absolute atomic E-state index is 0.0768. The van der Waals surface area contributed by atoms with E-state index >= 15 is 0 Å². The van der Waals surface area contributed by atoms with E-state index in [1.165, 1.54) is 0 Å². The van der Waals surface area contributed by atoms with Crippen molar-refractivity contribution < 1.29 is 9.32 Å². The van der Waals surface area contributed by atoms with Crippen molar-refractivity contribution >= 4 is 5.91 Å². The fourth-order valence-electron chi connectivity index (χ4n) is 3.06. The van der Waals surface area contributed by atoms with Crippen LogP contribution in [0.5, 0.6) is 0 Å². The van der Waals surface area contributed by atoms with E-state index in [0.717, 1.165) is 11.3 Å². The summed E-state index contributed by atoms with van der Waals surface area (Å²) in [5.74, 6) is 0.487. The van der Waals surface area contributed by atoms with Crippen molar-refractivity contribution in [3.8, 4) is 11.4 Å². The fourth-order valence-corrected chi connectivity index (χ4v) is 3.06. The van der Waals surface area contributed by atoms with E-state index in [-0.39, 0.29) is 29.8 Å². The Morgan fingerprint density at radius 2 is 1.96 bits per heavy atom. The third-order valence-corrected chi connectivity index (χ3v) is 4.66. The Morgan fingerprint density at radius 1 is 1.21 bits per heavy atom. The first-order valence-electron chi connectivity index (χ1n) is 9.37. The van der Waals surface area contributed by atoms with E-state index in [9.17, 15) is 9.59 Å². The molecule has 2 heterocycles. The van der Waals surface area contributed by atoms with Crippen LogP contribution in [-0.2, 0) is 17.8 Å². The first-order chi connectivity index (χ1) is 13.5. The largest absolute Gasteiger partial charge is 0.350 e. The van der Waals surface area contributed by atoms with Gasteiger partial charge in [0.2, 0.25) is 17.6 Å². The van der Waals surface area contributed by atoms with Gasteiger partial charge in [-0.05, 0) is 38.5 Å². The molecular weight excluding hydrogens is 356 g/mol. The molecule has 0 spiro atoms. The smallest absolute Gasteiger partial charge is 0.261 e. The molecule has 3 aromatic rings. The lowest BCUT2D eigenvalue weighted by Crippen LogP contribution is -2.26. The molecule has 0 bridgehead atoms. The average molecular weight is 380 g/mol. The molecule has 0 unspecified atom stereocenters. The fraction of sp³-hybridized carbons (Fsp3) is 0.333. The van der Waals surface area contributed by atoms with Gasteiger partial charge in [-0.25, -0.2) is 0 Å².